The number of hydrogen-bond donors (Lipinski definition) is 1. The van der Waals surface area contributed by atoms with E-state index in [4.69, 9.17) is 11.6 Å². The van der Waals surface area contributed by atoms with E-state index in [0.29, 0.717) is 17.1 Å². The zero-order valence-electron chi connectivity index (χ0n) is 15.1. The summed E-state index contributed by atoms with van der Waals surface area (Å²) in [6.07, 6.45) is 1.58. The first-order chi connectivity index (χ1) is 12.5. The van der Waals surface area contributed by atoms with Gasteiger partial charge in [-0.3, -0.25) is 4.79 Å². The van der Waals surface area contributed by atoms with Gasteiger partial charge in [0.2, 0.25) is 0 Å². The first-order valence-corrected chi connectivity index (χ1v) is 8.97. The van der Waals surface area contributed by atoms with Gasteiger partial charge in [0.25, 0.3) is 5.91 Å². The van der Waals surface area contributed by atoms with Crippen molar-refractivity contribution in [3.05, 3.63) is 70.0 Å². The van der Waals surface area contributed by atoms with Crippen molar-refractivity contribution in [1.82, 2.24) is 15.0 Å². The third-order valence-electron chi connectivity index (χ3n) is 4.26. The van der Waals surface area contributed by atoms with Crippen molar-refractivity contribution < 1.29 is 4.79 Å². The topological polar surface area (TPSA) is 59.8 Å². The predicted molar refractivity (Wildman–Crippen MR) is 104 cm³/mol. The summed E-state index contributed by atoms with van der Waals surface area (Å²) in [6.45, 7) is 6.01. The summed E-state index contributed by atoms with van der Waals surface area (Å²) >= 11 is 5.97. The van der Waals surface area contributed by atoms with Gasteiger partial charge in [-0.15, -0.1) is 5.10 Å². The molecule has 0 bridgehead atoms. The molecule has 1 N–H and O–H groups in total. The summed E-state index contributed by atoms with van der Waals surface area (Å²) in [5.74, 6) is -0.244. The second-order valence-corrected chi connectivity index (χ2v) is 6.68. The fourth-order valence-electron chi connectivity index (χ4n) is 2.91. The van der Waals surface area contributed by atoms with Gasteiger partial charge >= 0.3 is 0 Å². The number of para-hydroxylation sites is 1. The summed E-state index contributed by atoms with van der Waals surface area (Å²) in [5, 5.41) is 12.0. The van der Waals surface area contributed by atoms with Gasteiger partial charge in [-0.1, -0.05) is 48.4 Å². The SMILES string of the molecule is CCCc1c(C(=O)Nc2c(C)cccc2C)nnn1-c1ccc(Cl)cc1. The molecule has 3 rings (SSSR count). The van der Waals surface area contributed by atoms with Crippen molar-refractivity contribution in [1.29, 1.82) is 0 Å². The van der Waals surface area contributed by atoms with Gasteiger partial charge < -0.3 is 5.32 Å². The van der Waals surface area contributed by atoms with E-state index in [1.54, 1.807) is 16.8 Å². The van der Waals surface area contributed by atoms with E-state index in [1.807, 2.05) is 44.2 Å². The zero-order chi connectivity index (χ0) is 18.7. The van der Waals surface area contributed by atoms with Crippen molar-refractivity contribution in [3.63, 3.8) is 0 Å². The Morgan fingerprint density at radius 1 is 1.12 bits per heavy atom. The molecule has 1 aromatic heterocycles. The molecule has 26 heavy (non-hydrogen) atoms. The van der Waals surface area contributed by atoms with Crippen molar-refractivity contribution >= 4 is 23.2 Å². The lowest BCUT2D eigenvalue weighted by Gasteiger charge is -2.11. The Kier molecular flexibility index (Phi) is 5.38. The van der Waals surface area contributed by atoms with Crippen LogP contribution in [0, 0.1) is 13.8 Å². The van der Waals surface area contributed by atoms with Crippen LogP contribution in [0.4, 0.5) is 5.69 Å². The minimum Gasteiger partial charge on any atom is -0.320 e. The molecule has 0 radical (unpaired) electrons. The van der Waals surface area contributed by atoms with Crippen LogP contribution in [0.5, 0.6) is 0 Å². The van der Waals surface area contributed by atoms with Crippen molar-refractivity contribution in [3.8, 4) is 5.69 Å². The maximum Gasteiger partial charge on any atom is 0.278 e. The molecule has 0 aliphatic rings. The lowest BCUT2D eigenvalue weighted by Crippen LogP contribution is -2.17. The predicted octanol–water partition coefficient (Wildman–Crippen LogP) is 4.74. The second-order valence-electron chi connectivity index (χ2n) is 6.24. The molecule has 134 valence electrons. The summed E-state index contributed by atoms with van der Waals surface area (Å²) in [7, 11) is 0. The molecule has 1 heterocycles. The number of benzene rings is 2. The van der Waals surface area contributed by atoms with Crippen LogP contribution in [0.25, 0.3) is 5.69 Å². The summed E-state index contributed by atoms with van der Waals surface area (Å²) < 4.78 is 1.71. The molecule has 0 spiro atoms. The zero-order valence-corrected chi connectivity index (χ0v) is 15.8. The molecule has 5 nitrogen and oxygen atoms in total. The Hall–Kier alpha value is -2.66. The number of anilines is 1. The molecule has 0 unspecified atom stereocenters. The first-order valence-electron chi connectivity index (χ1n) is 8.59. The van der Waals surface area contributed by atoms with Crippen LogP contribution >= 0.6 is 11.6 Å². The van der Waals surface area contributed by atoms with E-state index in [9.17, 15) is 4.79 Å². The number of nitrogens with one attached hydrogen (secondary N) is 1. The number of carbonyl (C=O) groups is 1. The maximum atomic E-state index is 12.9. The molecule has 0 atom stereocenters. The average Bonchev–Trinajstić information content (AvgIpc) is 3.03. The second kappa shape index (κ2) is 7.70. The molecular formula is C20H21ClN4O. The molecule has 2 aromatic carbocycles. The molecule has 0 saturated heterocycles. The third kappa shape index (κ3) is 3.63. The molecule has 6 heteroatoms. The number of amides is 1. The van der Waals surface area contributed by atoms with Gasteiger partial charge in [0, 0.05) is 10.7 Å². The largest absolute Gasteiger partial charge is 0.320 e. The van der Waals surface area contributed by atoms with Gasteiger partial charge in [-0.2, -0.15) is 0 Å². The van der Waals surface area contributed by atoms with E-state index in [-0.39, 0.29) is 5.91 Å². The monoisotopic (exact) mass is 368 g/mol. The number of nitrogens with zero attached hydrogens (tertiary/aromatic N) is 3. The number of aryl methyl sites for hydroxylation is 2. The Labute approximate surface area is 158 Å². The Morgan fingerprint density at radius 2 is 1.77 bits per heavy atom. The van der Waals surface area contributed by atoms with Crippen LogP contribution in [-0.2, 0) is 6.42 Å². The number of carbonyl (C=O) groups excluding carboxylic acids is 1. The maximum absolute atomic E-state index is 12.9. The Bertz CT molecular complexity index is 911. The molecule has 0 aliphatic carbocycles. The minimum absolute atomic E-state index is 0.244. The first kappa shape index (κ1) is 18.1. The van der Waals surface area contributed by atoms with Crippen LogP contribution < -0.4 is 5.32 Å². The highest BCUT2D eigenvalue weighted by Gasteiger charge is 2.21. The quantitative estimate of drug-likeness (QED) is 0.707. The Morgan fingerprint density at radius 3 is 2.38 bits per heavy atom. The van der Waals surface area contributed by atoms with E-state index in [1.165, 1.54) is 0 Å². The van der Waals surface area contributed by atoms with Crippen LogP contribution in [0.15, 0.2) is 42.5 Å². The summed E-state index contributed by atoms with van der Waals surface area (Å²) in [5.41, 5.74) is 4.82. The lowest BCUT2D eigenvalue weighted by molar-refractivity contribution is 0.102. The van der Waals surface area contributed by atoms with E-state index < -0.39 is 0 Å². The standard InChI is InChI=1S/C20H21ClN4O/c1-4-6-17-19(20(26)22-18-13(2)7-5-8-14(18)3)23-24-25(17)16-11-9-15(21)10-12-16/h5,7-12H,4,6H2,1-3H3,(H,22,26). The van der Waals surface area contributed by atoms with Gasteiger partial charge in [-0.25, -0.2) is 4.68 Å². The van der Waals surface area contributed by atoms with E-state index in [0.717, 1.165) is 34.6 Å². The van der Waals surface area contributed by atoms with E-state index in [2.05, 4.69) is 22.6 Å². The summed E-state index contributed by atoms with van der Waals surface area (Å²) in [4.78, 5) is 12.9. The van der Waals surface area contributed by atoms with Crippen LogP contribution in [0.2, 0.25) is 5.02 Å². The highest BCUT2D eigenvalue weighted by atomic mass is 35.5. The minimum atomic E-state index is -0.244. The van der Waals surface area contributed by atoms with Gasteiger partial charge in [0.15, 0.2) is 5.69 Å². The average molecular weight is 369 g/mol. The highest BCUT2D eigenvalue weighted by Crippen LogP contribution is 2.22. The van der Waals surface area contributed by atoms with Crippen LogP contribution in [0.1, 0.15) is 40.7 Å². The van der Waals surface area contributed by atoms with Gasteiger partial charge in [-0.05, 0) is 55.7 Å². The fraction of sp³-hybridized carbons (Fsp3) is 0.250. The number of halogens is 1. The van der Waals surface area contributed by atoms with Crippen LogP contribution in [-0.4, -0.2) is 20.9 Å². The normalized spacial score (nSPS) is 10.8. The van der Waals surface area contributed by atoms with Crippen molar-refractivity contribution in [2.24, 2.45) is 0 Å². The van der Waals surface area contributed by atoms with Gasteiger partial charge in [0.05, 0.1) is 11.4 Å². The van der Waals surface area contributed by atoms with E-state index >= 15 is 0 Å². The Balaban J connectivity index is 1.97. The molecule has 0 aliphatic heterocycles. The van der Waals surface area contributed by atoms with Crippen molar-refractivity contribution in [2.45, 2.75) is 33.6 Å². The fourth-order valence-corrected chi connectivity index (χ4v) is 3.04. The molecule has 0 saturated carbocycles. The summed E-state index contributed by atoms with van der Waals surface area (Å²) in [6, 6.07) is 13.2. The highest BCUT2D eigenvalue weighted by molar-refractivity contribution is 6.30. The lowest BCUT2D eigenvalue weighted by atomic mass is 10.1. The molecular weight excluding hydrogens is 348 g/mol. The van der Waals surface area contributed by atoms with Crippen LogP contribution in [0.3, 0.4) is 0 Å². The number of aromatic nitrogens is 3. The number of hydrogen-bond acceptors (Lipinski definition) is 3. The van der Waals surface area contributed by atoms with Gasteiger partial charge in [0.1, 0.15) is 0 Å². The van der Waals surface area contributed by atoms with Crippen molar-refractivity contribution in [2.75, 3.05) is 5.32 Å². The molecule has 1 amide bonds. The molecule has 0 fully saturated rings. The smallest absolute Gasteiger partial charge is 0.278 e. The molecule has 3 aromatic rings. The number of rotatable bonds is 5. The third-order valence-corrected chi connectivity index (χ3v) is 4.51.